The molecule has 1 saturated heterocycles. The molecule has 2 fully saturated rings. The van der Waals surface area contributed by atoms with Crippen LogP contribution < -0.4 is 5.73 Å². The summed E-state index contributed by atoms with van der Waals surface area (Å²) in [6, 6.07) is 3.31. The monoisotopic (exact) mass is 324 g/mol. The molecule has 2 heterocycles. The molecule has 1 saturated carbocycles. The van der Waals surface area contributed by atoms with Gasteiger partial charge in [-0.25, -0.2) is 0 Å². The van der Waals surface area contributed by atoms with Crippen LogP contribution in [0.4, 0.5) is 0 Å². The quantitative estimate of drug-likeness (QED) is 0.914. The molecule has 1 unspecified atom stereocenters. The fourth-order valence-electron chi connectivity index (χ4n) is 2.96. The van der Waals surface area contributed by atoms with Gasteiger partial charge in [0.25, 0.3) is 0 Å². The highest BCUT2D eigenvalue weighted by Crippen LogP contribution is 2.29. The third-order valence-electron chi connectivity index (χ3n) is 4.19. The van der Waals surface area contributed by atoms with Crippen molar-refractivity contribution in [3.8, 4) is 0 Å². The summed E-state index contributed by atoms with van der Waals surface area (Å²) in [7, 11) is 0. The van der Waals surface area contributed by atoms with E-state index in [0.717, 1.165) is 23.6 Å². The summed E-state index contributed by atoms with van der Waals surface area (Å²) in [5.41, 5.74) is 7.21. The van der Waals surface area contributed by atoms with Crippen molar-refractivity contribution in [2.24, 2.45) is 5.73 Å². The van der Waals surface area contributed by atoms with Crippen LogP contribution in [0.3, 0.4) is 0 Å². The van der Waals surface area contributed by atoms with E-state index in [1.54, 1.807) is 0 Å². The highest BCUT2D eigenvalue weighted by atomic mass is 79.9. The molecule has 4 nitrogen and oxygen atoms in total. The molecule has 2 N–H and O–H groups in total. The second-order valence-corrected chi connectivity index (χ2v) is 6.41. The van der Waals surface area contributed by atoms with Gasteiger partial charge in [0.15, 0.2) is 0 Å². The minimum Gasteiger partial charge on any atom is -0.329 e. The van der Waals surface area contributed by atoms with Gasteiger partial charge in [0.1, 0.15) is 0 Å². The second kappa shape index (κ2) is 5.87. The number of halogens is 1. The minimum atomic E-state index is 0.298. The maximum absolute atomic E-state index is 5.99. The minimum absolute atomic E-state index is 0.298. The van der Waals surface area contributed by atoms with E-state index in [9.17, 15) is 0 Å². The van der Waals surface area contributed by atoms with E-state index >= 15 is 0 Å². The molecule has 0 spiro atoms. The number of hydrogen-bond acceptors (Lipinski definition) is 4. The number of nitrogens with two attached hydrogens (primary N) is 1. The highest BCUT2D eigenvalue weighted by molar-refractivity contribution is 9.10. The number of pyridine rings is 1. The van der Waals surface area contributed by atoms with Crippen molar-refractivity contribution >= 4 is 15.9 Å². The highest BCUT2D eigenvalue weighted by Gasteiger charge is 2.32. The van der Waals surface area contributed by atoms with Gasteiger partial charge in [0.2, 0.25) is 0 Å². The first kappa shape index (κ1) is 13.5. The molecule has 5 heteroatoms. The molecule has 19 heavy (non-hydrogen) atoms. The number of rotatable bonds is 4. The topological polar surface area (TPSA) is 45.4 Å². The van der Waals surface area contributed by atoms with Crippen LogP contribution in [0.25, 0.3) is 0 Å². The van der Waals surface area contributed by atoms with E-state index in [4.69, 9.17) is 5.73 Å². The Kier molecular flexibility index (Phi) is 4.17. The summed E-state index contributed by atoms with van der Waals surface area (Å²) in [5, 5.41) is 0. The van der Waals surface area contributed by atoms with Crippen LogP contribution in [-0.2, 0) is 0 Å². The van der Waals surface area contributed by atoms with Crippen molar-refractivity contribution < 1.29 is 0 Å². The first-order valence-corrected chi connectivity index (χ1v) is 7.86. The maximum Gasteiger partial charge on any atom is 0.0487 e. The summed E-state index contributed by atoms with van der Waals surface area (Å²) in [6.07, 6.45) is 6.56. The van der Waals surface area contributed by atoms with Gasteiger partial charge in [0, 0.05) is 61.7 Å². The molecule has 0 bridgehead atoms. The van der Waals surface area contributed by atoms with Crippen molar-refractivity contribution in [3.63, 3.8) is 0 Å². The lowest BCUT2D eigenvalue weighted by atomic mass is 10.1. The van der Waals surface area contributed by atoms with Crippen LogP contribution in [0.5, 0.6) is 0 Å². The van der Waals surface area contributed by atoms with Gasteiger partial charge < -0.3 is 5.73 Å². The fraction of sp³-hybridized carbons (Fsp3) is 0.643. The van der Waals surface area contributed by atoms with E-state index in [0.29, 0.717) is 12.6 Å². The molecule has 104 valence electrons. The summed E-state index contributed by atoms with van der Waals surface area (Å²) >= 11 is 3.49. The van der Waals surface area contributed by atoms with E-state index in [-0.39, 0.29) is 0 Å². The molecule has 3 rings (SSSR count). The van der Waals surface area contributed by atoms with E-state index in [2.05, 4.69) is 36.8 Å². The Morgan fingerprint density at radius 1 is 1.26 bits per heavy atom. The lowest BCUT2D eigenvalue weighted by Gasteiger charge is -2.39. The normalized spacial score (nSPS) is 23.5. The van der Waals surface area contributed by atoms with Gasteiger partial charge in [-0.2, -0.15) is 0 Å². The van der Waals surface area contributed by atoms with Gasteiger partial charge in [-0.15, -0.1) is 0 Å². The number of piperazine rings is 1. The smallest absolute Gasteiger partial charge is 0.0487 e. The van der Waals surface area contributed by atoms with Crippen molar-refractivity contribution in [1.29, 1.82) is 0 Å². The largest absolute Gasteiger partial charge is 0.329 e. The first-order valence-electron chi connectivity index (χ1n) is 7.06. The van der Waals surface area contributed by atoms with Crippen molar-refractivity contribution in [2.75, 3.05) is 32.7 Å². The zero-order valence-electron chi connectivity index (χ0n) is 11.1. The van der Waals surface area contributed by atoms with Gasteiger partial charge in [0.05, 0.1) is 0 Å². The lowest BCUT2D eigenvalue weighted by Crippen LogP contribution is -2.49. The lowest BCUT2D eigenvalue weighted by molar-refractivity contribution is 0.0937. The Bertz CT molecular complexity index is 427. The Hall–Kier alpha value is -0.490. The Morgan fingerprint density at radius 2 is 2.00 bits per heavy atom. The predicted molar refractivity (Wildman–Crippen MR) is 79.9 cm³/mol. The first-order chi connectivity index (χ1) is 9.28. The summed E-state index contributed by atoms with van der Waals surface area (Å²) in [4.78, 5) is 9.39. The van der Waals surface area contributed by atoms with Crippen LogP contribution >= 0.6 is 15.9 Å². The van der Waals surface area contributed by atoms with E-state index < -0.39 is 0 Å². The molecule has 1 aliphatic heterocycles. The molecule has 0 aromatic carbocycles. The van der Waals surface area contributed by atoms with Crippen molar-refractivity contribution in [2.45, 2.75) is 24.9 Å². The van der Waals surface area contributed by atoms with Gasteiger partial charge in [-0.1, -0.05) is 0 Å². The zero-order chi connectivity index (χ0) is 13.2. The average Bonchev–Trinajstić information content (AvgIpc) is 3.25. The third-order valence-corrected chi connectivity index (χ3v) is 4.62. The van der Waals surface area contributed by atoms with E-state index in [1.807, 2.05) is 12.4 Å². The molecule has 1 atom stereocenters. The number of nitrogens with zero attached hydrogens (tertiary/aromatic N) is 3. The zero-order valence-corrected chi connectivity index (χ0v) is 12.7. The van der Waals surface area contributed by atoms with Crippen LogP contribution in [0.15, 0.2) is 22.9 Å². The second-order valence-electron chi connectivity index (χ2n) is 5.49. The molecular formula is C14H21BrN4. The summed E-state index contributed by atoms with van der Waals surface area (Å²) in [6.45, 7) is 5.25. The van der Waals surface area contributed by atoms with Gasteiger partial charge in [-0.05, 0) is 40.4 Å². The number of hydrogen-bond donors (Lipinski definition) is 1. The van der Waals surface area contributed by atoms with Gasteiger partial charge >= 0.3 is 0 Å². The third kappa shape index (κ3) is 3.16. The van der Waals surface area contributed by atoms with Crippen LogP contribution in [0.2, 0.25) is 0 Å². The molecule has 0 amide bonds. The summed E-state index contributed by atoms with van der Waals surface area (Å²) < 4.78 is 1.03. The Labute approximate surface area is 123 Å². The van der Waals surface area contributed by atoms with E-state index in [1.165, 1.54) is 31.5 Å². The van der Waals surface area contributed by atoms with Crippen molar-refractivity contribution in [1.82, 2.24) is 14.8 Å². The molecule has 2 aliphatic rings. The predicted octanol–water partition coefficient (Wildman–Crippen LogP) is 1.62. The van der Waals surface area contributed by atoms with Crippen LogP contribution in [-0.4, -0.2) is 53.5 Å². The molecule has 1 aromatic heterocycles. The van der Waals surface area contributed by atoms with Gasteiger partial charge in [-0.3, -0.25) is 14.8 Å². The molecular weight excluding hydrogens is 304 g/mol. The SMILES string of the molecule is NCC(c1cncc(Br)c1)N1CCN(C2CC2)CC1. The molecule has 1 aromatic rings. The Balaban J connectivity index is 1.65. The Morgan fingerprint density at radius 3 is 2.58 bits per heavy atom. The van der Waals surface area contributed by atoms with Crippen LogP contribution in [0, 0.1) is 0 Å². The van der Waals surface area contributed by atoms with Crippen LogP contribution in [0.1, 0.15) is 24.4 Å². The fourth-order valence-corrected chi connectivity index (χ4v) is 3.34. The maximum atomic E-state index is 5.99. The average molecular weight is 325 g/mol. The molecule has 1 aliphatic carbocycles. The van der Waals surface area contributed by atoms with Crippen molar-refractivity contribution in [3.05, 3.63) is 28.5 Å². The number of aromatic nitrogens is 1. The summed E-state index contributed by atoms with van der Waals surface area (Å²) in [5.74, 6) is 0. The standard InChI is InChI=1S/C14H21BrN4/c15-12-7-11(9-17-10-12)14(8-16)19-5-3-18(4-6-19)13-1-2-13/h7,9-10,13-14H,1-6,8,16H2. The molecule has 0 radical (unpaired) electrons.